The third kappa shape index (κ3) is 7.58. The molecule has 1 aromatic carbocycles. The monoisotopic (exact) mass is 267 g/mol. The van der Waals surface area contributed by atoms with Gasteiger partial charge in [-0.3, -0.25) is 0 Å². The first-order chi connectivity index (χ1) is 8.55. The van der Waals surface area contributed by atoms with Crippen molar-refractivity contribution in [2.24, 2.45) is 13.8 Å². The number of isocyanates is 3. The lowest BCUT2D eigenvalue weighted by Crippen LogP contribution is -1.86. The van der Waals surface area contributed by atoms with E-state index in [-0.39, 0.29) is 0 Å². The molecule has 0 amide bonds. The minimum atomic E-state index is -4.28. The number of para-hydroxylation sites is 1. The van der Waals surface area contributed by atoms with Crippen molar-refractivity contribution in [1.82, 2.24) is 0 Å². The summed E-state index contributed by atoms with van der Waals surface area (Å²) < 4.78 is 24.3. The number of hydrogen-bond acceptors (Lipinski definition) is 6. The van der Waals surface area contributed by atoms with Crippen LogP contribution in [0.5, 0.6) is 0 Å². The van der Waals surface area contributed by atoms with E-state index in [2.05, 4.69) is 13.8 Å². The second-order valence-corrected chi connectivity index (χ2v) is 3.61. The molecule has 0 bridgehead atoms. The summed E-state index contributed by atoms with van der Waals surface area (Å²) >= 11 is 0. The van der Waals surface area contributed by atoms with Crippen molar-refractivity contribution in [3.8, 4) is 0 Å². The summed E-state index contributed by atoms with van der Waals surface area (Å²) in [7, 11) is -4.28. The molecule has 1 rings (SSSR count). The summed E-state index contributed by atoms with van der Waals surface area (Å²) in [5, 5.41) is 0. The molecule has 0 saturated carbocycles. The van der Waals surface area contributed by atoms with Gasteiger partial charge in [0.2, 0.25) is 6.08 Å². The molecule has 92 valence electrons. The van der Waals surface area contributed by atoms with Gasteiger partial charge in [-0.15, -0.1) is 0 Å². The summed E-state index contributed by atoms with van der Waals surface area (Å²) in [6.45, 7) is 0. The van der Waals surface area contributed by atoms with E-state index in [1.54, 1.807) is 12.1 Å². The van der Waals surface area contributed by atoms with Crippen LogP contribution in [-0.2, 0) is 24.6 Å². The Balaban J connectivity index is 0.000000321. The summed E-state index contributed by atoms with van der Waals surface area (Å²) in [4.78, 5) is 31.6. The van der Waals surface area contributed by atoms with E-state index >= 15 is 0 Å². The Kier molecular flexibility index (Phi) is 7.20. The Hall–Kier alpha value is -2.69. The Morgan fingerprint density at radius 2 is 1.33 bits per heavy atom. The van der Waals surface area contributed by atoms with Crippen molar-refractivity contribution in [3.05, 3.63) is 30.3 Å². The Morgan fingerprint density at radius 3 is 1.72 bits per heavy atom. The standard InChI is InChI=1S/C7H5NO.C2N2O4S/c9-6-8-7-4-2-1-3-5-7;5-1-3-9(7,8)4-2-6/h1-5H;. The van der Waals surface area contributed by atoms with Gasteiger partial charge in [-0.25, -0.2) is 14.4 Å². The van der Waals surface area contributed by atoms with Crippen molar-refractivity contribution in [2.45, 2.75) is 0 Å². The molecule has 0 aromatic heterocycles. The Morgan fingerprint density at radius 1 is 0.833 bits per heavy atom. The fourth-order valence-corrected chi connectivity index (χ4v) is 0.899. The van der Waals surface area contributed by atoms with Crippen LogP contribution in [0.4, 0.5) is 5.69 Å². The highest BCUT2D eigenvalue weighted by molar-refractivity contribution is 7.89. The highest BCUT2D eigenvalue weighted by atomic mass is 32.2. The molecule has 8 nitrogen and oxygen atoms in total. The Bertz CT molecular complexity index is 597. The van der Waals surface area contributed by atoms with Gasteiger partial charge in [-0.2, -0.15) is 13.4 Å². The molecule has 0 fully saturated rings. The topological polar surface area (TPSA) is 122 Å². The summed E-state index contributed by atoms with van der Waals surface area (Å²) in [5.74, 6) is 0. The van der Waals surface area contributed by atoms with Gasteiger partial charge in [0.15, 0.2) is 0 Å². The lowest BCUT2D eigenvalue weighted by molar-refractivity contribution is 0.561. The molecule has 0 saturated heterocycles. The largest absolute Gasteiger partial charge is 0.383 e. The van der Waals surface area contributed by atoms with Crippen molar-refractivity contribution in [1.29, 1.82) is 0 Å². The highest BCUT2D eigenvalue weighted by Crippen LogP contribution is 2.06. The average Bonchev–Trinajstić information content (AvgIpc) is 2.31. The molecule has 0 aliphatic carbocycles. The molecule has 0 radical (unpaired) electrons. The molecule has 1 aromatic rings. The van der Waals surface area contributed by atoms with E-state index in [9.17, 15) is 22.8 Å². The number of benzene rings is 1. The maximum Gasteiger partial charge on any atom is 0.383 e. The van der Waals surface area contributed by atoms with E-state index in [0.717, 1.165) is 0 Å². The molecule has 0 N–H and O–H groups in total. The number of hydrogen-bond donors (Lipinski definition) is 0. The van der Waals surface area contributed by atoms with Crippen LogP contribution >= 0.6 is 0 Å². The zero-order valence-electron chi connectivity index (χ0n) is 8.68. The SMILES string of the molecule is O=C=NS(=O)(=O)N=C=O.O=C=Nc1ccccc1. The van der Waals surface area contributed by atoms with Crippen molar-refractivity contribution < 1.29 is 22.8 Å². The van der Waals surface area contributed by atoms with Crippen LogP contribution in [0.2, 0.25) is 0 Å². The molecule has 0 unspecified atom stereocenters. The zero-order valence-corrected chi connectivity index (χ0v) is 9.49. The van der Waals surface area contributed by atoms with E-state index in [0.29, 0.717) is 17.8 Å². The molecule has 0 spiro atoms. The lowest BCUT2D eigenvalue weighted by Gasteiger charge is -1.83. The van der Waals surface area contributed by atoms with Gasteiger partial charge >= 0.3 is 10.2 Å². The normalized spacial score (nSPS) is 8.44. The fourth-order valence-electron chi connectivity index (χ4n) is 0.670. The van der Waals surface area contributed by atoms with Crippen LogP contribution in [0, 0.1) is 0 Å². The van der Waals surface area contributed by atoms with E-state index in [1.165, 1.54) is 6.08 Å². The number of nitrogens with zero attached hydrogens (tertiary/aromatic N) is 3. The Labute approximate surface area is 102 Å². The molecule has 0 atom stereocenters. The van der Waals surface area contributed by atoms with Gasteiger partial charge in [0, 0.05) is 0 Å². The van der Waals surface area contributed by atoms with Crippen LogP contribution in [0.1, 0.15) is 0 Å². The lowest BCUT2D eigenvalue weighted by atomic mass is 10.3. The van der Waals surface area contributed by atoms with Crippen LogP contribution < -0.4 is 0 Å². The predicted molar refractivity (Wildman–Crippen MR) is 59.4 cm³/mol. The summed E-state index contributed by atoms with van der Waals surface area (Å²) in [5.41, 5.74) is 0.646. The van der Waals surface area contributed by atoms with Gasteiger partial charge in [-0.1, -0.05) is 27.0 Å². The molecular weight excluding hydrogens is 262 g/mol. The molecule has 0 aliphatic rings. The first kappa shape index (κ1) is 15.3. The first-order valence-corrected chi connectivity index (χ1v) is 5.51. The van der Waals surface area contributed by atoms with Crippen LogP contribution in [-0.4, -0.2) is 26.7 Å². The zero-order chi connectivity index (χ0) is 13.9. The van der Waals surface area contributed by atoms with Gasteiger partial charge in [-0.05, 0) is 12.1 Å². The van der Waals surface area contributed by atoms with Gasteiger partial charge in [0.25, 0.3) is 12.2 Å². The third-order valence-electron chi connectivity index (χ3n) is 1.24. The van der Waals surface area contributed by atoms with Crippen LogP contribution in [0.3, 0.4) is 0 Å². The van der Waals surface area contributed by atoms with Gasteiger partial charge in [0.05, 0.1) is 5.69 Å². The molecule has 0 heterocycles. The minimum Gasteiger partial charge on any atom is -0.211 e. The van der Waals surface area contributed by atoms with E-state index < -0.39 is 10.2 Å². The minimum absolute atomic E-state index is 0.646. The third-order valence-corrected chi connectivity index (χ3v) is 1.85. The molecule has 9 heteroatoms. The second-order valence-electron chi connectivity index (χ2n) is 2.35. The van der Waals surface area contributed by atoms with Gasteiger partial charge in [0.1, 0.15) is 0 Å². The quantitative estimate of drug-likeness (QED) is 0.584. The molecule has 0 aliphatic heterocycles. The smallest absolute Gasteiger partial charge is 0.211 e. The van der Waals surface area contributed by atoms with Crippen molar-refractivity contribution in [3.63, 3.8) is 0 Å². The van der Waals surface area contributed by atoms with E-state index in [4.69, 9.17) is 0 Å². The predicted octanol–water partition coefficient (Wildman–Crippen LogP) is 0.557. The molecular formula is C9H5N3O5S. The number of aliphatic imine (C=N–C) groups is 1. The highest BCUT2D eigenvalue weighted by Gasteiger charge is 2.00. The van der Waals surface area contributed by atoms with Crippen molar-refractivity contribution >= 4 is 34.1 Å². The van der Waals surface area contributed by atoms with Crippen LogP contribution in [0.15, 0.2) is 44.1 Å². The first-order valence-electron chi connectivity index (χ1n) is 4.12. The van der Waals surface area contributed by atoms with Crippen molar-refractivity contribution in [2.75, 3.05) is 0 Å². The van der Waals surface area contributed by atoms with Gasteiger partial charge < -0.3 is 0 Å². The summed E-state index contributed by atoms with van der Waals surface area (Å²) in [6.07, 6.45) is 2.87. The average molecular weight is 267 g/mol. The fraction of sp³-hybridized carbons (Fsp3) is 0. The van der Waals surface area contributed by atoms with Crippen LogP contribution in [0.25, 0.3) is 0 Å². The maximum absolute atomic E-state index is 9.97. The maximum atomic E-state index is 9.97. The number of carbonyl (C=O) groups excluding carboxylic acids is 3. The van der Waals surface area contributed by atoms with E-state index in [1.807, 2.05) is 18.2 Å². The molecule has 18 heavy (non-hydrogen) atoms. The second kappa shape index (κ2) is 8.46. The number of rotatable bonds is 3. The summed E-state index contributed by atoms with van der Waals surface area (Å²) in [6, 6.07) is 8.98.